The summed E-state index contributed by atoms with van der Waals surface area (Å²) in [6.45, 7) is 5.19. The van der Waals surface area contributed by atoms with Gasteiger partial charge in [0.15, 0.2) is 11.5 Å². The van der Waals surface area contributed by atoms with E-state index in [1.807, 2.05) is 17.0 Å². The summed E-state index contributed by atoms with van der Waals surface area (Å²) < 4.78 is 11.1. The highest BCUT2D eigenvalue weighted by Gasteiger charge is 2.36. The molecule has 2 aliphatic heterocycles. The summed E-state index contributed by atoms with van der Waals surface area (Å²) in [6, 6.07) is 5.46. The Hall–Kier alpha value is -1.46. The molecule has 2 heterocycles. The second kappa shape index (κ2) is 6.12. The van der Waals surface area contributed by atoms with Crippen LogP contribution in [0.3, 0.4) is 0 Å². The Balaban J connectivity index is 0.00000161. The van der Waals surface area contributed by atoms with Gasteiger partial charge in [0.2, 0.25) is 0 Å². The number of carbonyl (C=O) groups is 1. The lowest BCUT2D eigenvalue weighted by Gasteiger charge is -2.25. The van der Waals surface area contributed by atoms with Crippen LogP contribution in [-0.2, 0) is 0 Å². The van der Waals surface area contributed by atoms with Crippen molar-refractivity contribution in [2.75, 3.05) is 32.8 Å². The maximum atomic E-state index is 12.7. The van der Waals surface area contributed by atoms with Gasteiger partial charge in [-0.2, -0.15) is 0 Å². The molecule has 1 aromatic carbocycles. The first-order valence-electron chi connectivity index (χ1n) is 7.01. The van der Waals surface area contributed by atoms with Crippen LogP contribution in [0.4, 0.5) is 0 Å². The van der Waals surface area contributed by atoms with Gasteiger partial charge in [-0.05, 0) is 30.5 Å². The Morgan fingerprint density at radius 2 is 2.14 bits per heavy atom. The maximum Gasteiger partial charge on any atom is 0.257 e. The van der Waals surface area contributed by atoms with Crippen molar-refractivity contribution in [3.05, 3.63) is 23.8 Å². The lowest BCUT2D eigenvalue weighted by molar-refractivity contribution is 0.0766. The van der Waals surface area contributed by atoms with Gasteiger partial charge >= 0.3 is 0 Å². The molecule has 0 spiro atoms. The first-order chi connectivity index (χ1) is 9.63. The van der Waals surface area contributed by atoms with Crippen LogP contribution in [0.2, 0.25) is 0 Å². The van der Waals surface area contributed by atoms with Crippen LogP contribution in [-0.4, -0.2) is 43.7 Å². The number of fused-ring (bicyclic) bond motifs is 1. The van der Waals surface area contributed by atoms with Crippen molar-refractivity contribution in [2.24, 2.45) is 11.1 Å². The SMILES string of the molecule is CC1(CN)CCN(C(=O)c2cccc3c2OCCO3)C1.Cl. The fourth-order valence-corrected chi connectivity index (χ4v) is 2.78. The van der Waals surface area contributed by atoms with E-state index in [0.29, 0.717) is 43.4 Å². The number of nitrogens with zero attached hydrogens (tertiary/aromatic N) is 1. The summed E-state index contributed by atoms with van der Waals surface area (Å²) in [4.78, 5) is 14.5. The van der Waals surface area contributed by atoms with Crippen LogP contribution in [0.1, 0.15) is 23.7 Å². The number of ether oxygens (including phenoxy) is 2. The first-order valence-corrected chi connectivity index (χ1v) is 7.01. The van der Waals surface area contributed by atoms with E-state index >= 15 is 0 Å². The highest BCUT2D eigenvalue weighted by molar-refractivity contribution is 5.98. The highest BCUT2D eigenvalue weighted by Crippen LogP contribution is 2.36. The fraction of sp³-hybridized carbons (Fsp3) is 0.533. The van der Waals surface area contributed by atoms with Gasteiger partial charge in [-0.25, -0.2) is 0 Å². The summed E-state index contributed by atoms with van der Waals surface area (Å²) in [7, 11) is 0. The predicted molar refractivity (Wildman–Crippen MR) is 82.4 cm³/mol. The molecule has 1 atom stereocenters. The molecule has 1 aromatic rings. The zero-order chi connectivity index (χ0) is 14.2. The third-order valence-electron chi connectivity index (χ3n) is 4.13. The predicted octanol–water partition coefficient (Wildman–Crippen LogP) is 1.69. The van der Waals surface area contributed by atoms with E-state index in [4.69, 9.17) is 15.2 Å². The third kappa shape index (κ3) is 2.94. The number of para-hydroxylation sites is 1. The Labute approximate surface area is 130 Å². The minimum atomic E-state index is 0. The number of hydrogen-bond acceptors (Lipinski definition) is 4. The zero-order valence-corrected chi connectivity index (χ0v) is 12.9. The van der Waals surface area contributed by atoms with E-state index in [0.717, 1.165) is 13.0 Å². The molecule has 0 aromatic heterocycles. The second-order valence-electron chi connectivity index (χ2n) is 5.82. The van der Waals surface area contributed by atoms with E-state index in [1.165, 1.54) is 0 Å². The van der Waals surface area contributed by atoms with Crippen LogP contribution in [0.5, 0.6) is 11.5 Å². The van der Waals surface area contributed by atoms with Crippen molar-refractivity contribution in [2.45, 2.75) is 13.3 Å². The summed E-state index contributed by atoms with van der Waals surface area (Å²) >= 11 is 0. The Bertz CT molecular complexity index is 538. The number of amides is 1. The number of rotatable bonds is 2. The first kappa shape index (κ1) is 15.9. The molecule has 2 aliphatic rings. The summed E-state index contributed by atoms with van der Waals surface area (Å²) in [6.07, 6.45) is 0.946. The van der Waals surface area contributed by atoms with Gasteiger partial charge in [-0.15, -0.1) is 12.4 Å². The Kier molecular flexibility index (Phi) is 4.64. The summed E-state index contributed by atoms with van der Waals surface area (Å²) in [5.74, 6) is 1.23. The van der Waals surface area contributed by atoms with Gasteiger partial charge in [0, 0.05) is 13.1 Å². The standard InChI is InChI=1S/C15H20N2O3.ClH/c1-15(9-16)5-6-17(10-15)14(18)11-3-2-4-12-13(11)20-8-7-19-12;/h2-4H,5-10,16H2,1H3;1H. The number of benzene rings is 1. The number of nitrogens with two attached hydrogens (primary N) is 1. The molecule has 5 nitrogen and oxygen atoms in total. The second-order valence-corrected chi connectivity index (χ2v) is 5.82. The van der Waals surface area contributed by atoms with Crippen molar-refractivity contribution in [3.63, 3.8) is 0 Å². The van der Waals surface area contributed by atoms with Crippen LogP contribution >= 0.6 is 12.4 Å². The Morgan fingerprint density at radius 3 is 2.86 bits per heavy atom. The monoisotopic (exact) mass is 312 g/mol. The zero-order valence-electron chi connectivity index (χ0n) is 12.1. The smallest absolute Gasteiger partial charge is 0.257 e. The molecule has 0 aliphatic carbocycles. The molecule has 0 bridgehead atoms. The largest absolute Gasteiger partial charge is 0.486 e. The minimum absolute atomic E-state index is 0. The number of hydrogen-bond donors (Lipinski definition) is 1. The van der Waals surface area contributed by atoms with Crippen LogP contribution in [0, 0.1) is 5.41 Å². The topological polar surface area (TPSA) is 64.8 Å². The highest BCUT2D eigenvalue weighted by atomic mass is 35.5. The minimum Gasteiger partial charge on any atom is -0.486 e. The average molecular weight is 313 g/mol. The van der Waals surface area contributed by atoms with Gasteiger partial charge in [-0.3, -0.25) is 4.79 Å². The summed E-state index contributed by atoms with van der Waals surface area (Å²) in [5.41, 5.74) is 6.41. The molecule has 0 saturated carbocycles. The molecule has 1 saturated heterocycles. The fourth-order valence-electron chi connectivity index (χ4n) is 2.78. The van der Waals surface area contributed by atoms with E-state index in [9.17, 15) is 4.79 Å². The van der Waals surface area contributed by atoms with Crippen molar-refractivity contribution in [3.8, 4) is 11.5 Å². The maximum absolute atomic E-state index is 12.7. The lowest BCUT2D eigenvalue weighted by atomic mass is 9.90. The normalized spacial score (nSPS) is 23.6. The van der Waals surface area contributed by atoms with E-state index < -0.39 is 0 Å². The van der Waals surface area contributed by atoms with E-state index in [2.05, 4.69) is 6.92 Å². The third-order valence-corrected chi connectivity index (χ3v) is 4.13. The van der Waals surface area contributed by atoms with Gasteiger partial charge in [-0.1, -0.05) is 13.0 Å². The van der Waals surface area contributed by atoms with Gasteiger partial charge < -0.3 is 20.1 Å². The van der Waals surface area contributed by atoms with Crippen molar-refractivity contribution >= 4 is 18.3 Å². The van der Waals surface area contributed by atoms with Crippen LogP contribution in [0.25, 0.3) is 0 Å². The molecule has 2 N–H and O–H groups in total. The molecule has 6 heteroatoms. The van der Waals surface area contributed by atoms with Crippen molar-refractivity contribution in [1.29, 1.82) is 0 Å². The van der Waals surface area contributed by atoms with Gasteiger partial charge in [0.25, 0.3) is 5.91 Å². The quantitative estimate of drug-likeness (QED) is 0.902. The molecule has 3 rings (SSSR count). The van der Waals surface area contributed by atoms with Crippen LogP contribution in [0.15, 0.2) is 18.2 Å². The number of likely N-dealkylation sites (tertiary alicyclic amines) is 1. The number of carbonyl (C=O) groups excluding carboxylic acids is 1. The molecule has 21 heavy (non-hydrogen) atoms. The number of halogens is 1. The molecule has 0 radical (unpaired) electrons. The molecular weight excluding hydrogens is 292 g/mol. The van der Waals surface area contributed by atoms with E-state index in [-0.39, 0.29) is 23.7 Å². The van der Waals surface area contributed by atoms with Gasteiger partial charge in [0.1, 0.15) is 13.2 Å². The van der Waals surface area contributed by atoms with Gasteiger partial charge in [0.05, 0.1) is 5.56 Å². The molecule has 1 fully saturated rings. The lowest BCUT2D eigenvalue weighted by Crippen LogP contribution is -2.35. The Morgan fingerprint density at radius 1 is 1.38 bits per heavy atom. The van der Waals surface area contributed by atoms with E-state index in [1.54, 1.807) is 6.07 Å². The molecular formula is C15H21ClN2O3. The molecule has 116 valence electrons. The van der Waals surface area contributed by atoms with Crippen molar-refractivity contribution in [1.82, 2.24) is 4.90 Å². The summed E-state index contributed by atoms with van der Waals surface area (Å²) in [5, 5.41) is 0. The van der Waals surface area contributed by atoms with Crippen LogP contribution < -0.4 is 15.2 Å². The molecule has 1 unspecified atom stereocenters. The average Bonchev–Trinajstić information content (AvgIpc) is 2.89. The van der Waals surface area contributed by atoms with Crippen molar-refractivity contribution < 1.29 is 14.3 Å². The molecule has 1 amide bonds.